The van der Waals surface area contributed by atoms with Gasteiger partial charge in [-0.25, -0.2) is 8.42 Å². The van der Waals surface area contributed by atoms with Crippen molar-refractivity contribution >= 4 is 44.8 Å². The van der Waals surface area contributed by atoms with Gasteiger partial charge < -0.3 is 15.4 Å². The number of para-hydroxylation sites is 1. The highest BCUT2D eigenvalue weighted by molar-refractivity contribution is 7.92. The van der Waals surface area contributed by atoms with E-state index in [2.05, 4.69) is 10.6 Å². The zero-order valence-corrected chi connectivity index (χ0v) is 22.0. The Bertz CT molecular complexity index is 1360. The number of nitrogens with zero attached hydrogens (tertiary/aromatic N) is 1. The number of amides is 2. The monoisotopic (exact) mass is 529 g/mol. The third-order valence-corrected chi connectivity index (χ3v) is 6.97. The molecule has 0 radical (unpaired) electrons. The van der Waals surface area contributed by atoms with Gasteiger partial charge in [0, 0.05) is 10.6 Å². The van der Waals surface area contributed by atoms with Gasteiger partial charge in [-0.3, -0.25) is 13.9 Å². The maximum absolute atomic E-state index is 13.6. The minimum absolute atomic E-state index is 0.00946. The topological polar surface area (TPSA) is 105 Å². The number of halogens is 1. The van der Waals surface area contributed by atoms with Gasteiger partial charge in [-0.05, 0) is 63.2 Å². The fourth-order valence-corrected chi connectivity index (χ4v) is 5.01. The van der Waals surface area contributed by atoms with Crippen molar-refractivity contribution in [2.45, 2.75) is 31.2 Å². The first-order valence-electron chi connectivity index (χ1n) is 11.0. The Kier molecular flexibility index (Phi) is 8.27. The number of sulfonamides is 1. The molecule has 10 heteroatoms. The molecule has 0 spiro atoms. The summed E-state index contributed by atoms with van der Waals surface area (Å²) in [6, 6.07) is 18.7. The van der Waals surface area contributed by atoms with E-state index in [1.807, 2.05) is 20.8 Å². The molecule has 0 unspecified atom stereocenters. The van der Waals surface area contributed by atoms with Gasteiger partial charge in [0.05, 0.1) is 28.9 Å². The molecule has 0 heterocycles. The fourth-order valence-electron chi connectivity index (χ4n) is 3.40. The summed E-state index contributed by atoms with van der Waals surface area (Å²) >= 11 is 6.17. The van der Waals surface area contributed by atoms with Gasteiger partial charge in [0.25, 0.3) is 15.9 Å². The second-order valence-corrected chi connectivity index (χ2v) is 11.2. The standard InChI is InChI=1S/C26H28ClN3O5S/c1-26(2,3)29-25(32)20-12-8-9-13-21(20)28-24(31)17-30(22-16-18(27)14-15-23(22)35-4)36(33,34)19-10-6-5-7-11-19/h5-16H,17H2,1-4H3,(H,28,31)(H,29,32). The Labute approximate surface area is 216 Å². The van der Waals surface area contributed by atoms with E-state index in [1.54, 1.807) is 48.5 Å². The zero-order chi connectivity index (χ0) is 26.5. The molecule has 0 bridgehead atoms. The molecule has 0 fully saturated rings. The summed E-state index contributed by atoms with van der Waals surface area (Å²) in [5.41, 5.74) is 0.110. The van der Waals surface area contributed by atoms with Gasteiger partial charge >= 0.3 is 0 Å². The van der Waals surface area contributed by atoms with E-state index in [9.17, 15) is 18.0 Å². The van der Waals surface area contributed by atoms with Gasteiger partial charge in [-0.15, -0.1) is 0 Å². The Morgan fingerprint density at radius 2 is 1.61 bits per heavy atom. The Balaban J connectivity index is 1.99. The second-order valence-electron chi connectivity index (χ2n) is 8.94. The highest BCUT2D eigenvalue weighted by Gasteiger charge is 2.30. The van der Waals surface area contributed by atoms with Crippen LogP contribution >= 0.6 is 11.6 Å². The highest BCUT2D eigenvalue weighted by atomic mass is 35.5. The van der Waals surface area contributed by atoms with Crippen LogP contribution in [0.3, 0.4) is 0 Å². The second kappa shape index (κ2) is 11.0. The van der Waals surface area contributed by atoms with Crippen molar-refractivity contribution in [1.82, 2.24) is 5.32 Å². The minimum atomic E-state index is -4.19. The molecule has 2 amide bonds. The van der Waals surface area contributed by atoms with Crippen molar-refractivity contribution in [1.29, 1.82) is 0 Å². The normalized spacial score (nSPS) is 11.5. The van der Waals surface area contributed by atoms with E-state index >= 15 is 0 Å². The lowest BCUT2D eigenvalue weighted by atomic mass is 10.1. The van der Waals surface area contributed by atoms with Gasteiger partial charge in [-0.2, -0.15) is 0 Å². The number of rotatable bonds is 8. The third kappa shape index (κ3) is 6.56. The number of methoxy groups -OCH3 is 1. The van der Waals surface area contributed by atoms with E-state index < -0.39 is 28.0 Å². The van der Waals surface area contributed by atoms with E-state index in [0.717, 1.165) is 4.31 Å². The first-order valence-corrected chi connectivity index (χ1v) is 12.9. The van der Waals surface area contributed by atoms with Crippen LogP contribution in [-0.2, 0) is 14.8 Å². The van der Waals surface area contributed by atoms with Crippen LogP contribution in [0.4, 0.5) is 11.4 Å². The number of nitrogens with one attached hydrogen (secondary N) is 2. The summed E-state index contributed by atoms with van der Waals surface area (Å²) in [6.45, 7) is 4.94. The van der Waals surface area contributed by atoms with E-state index in [-0.39, 0.29) is 38.5 Å². The van der Waals surface area contributed by atoms with Crippen LogP contribution in [0, 0.1) is 0 Å². The Hall–Kier alpha value is -3.56. The number of ether oxygens (including phenoxy) is 1. The number of hydrogen-bond acceptors (Lipinski definition) is 5. The first-order chi connectivity index (χ1) is 16.9. The summed E-state index contributed by atoms with van der Waals surface area (Å²) in [6.07, 6.45) is 0. The molecule has 8 nitrogen and oxygen atoms in total. The molecule has 0 aliphatic carbocycles. The first kappa shape index (κ1) is 27.0. The van der Waals surface area contributed by atoms with E-state index in [4.69, 9.17) is 16.3 Å². The molecule has 0 aliphatic heterocycles. The van der Waals surface area contributed by atoms with Crippen LogP contribution in [0.25, 0.3) is 0 Å². The van der Waals surface area contributed by atoms with E-state index in [1.165, 1.54) is 31.4 Å². The van der Waals surface area contributed by atoms with Crippen LogP contribution < -0.4 is 19.7 Å². The quantitative estimate of drug-likeness (QED) is 0.439. The number of hydrogen-bond donors (Lipinski definition) is 2. The van der Waals surface area contributed by atoms with Crippen molar-refractivity contribution < 1.29 is 22.7 Å². The lowest BCUT2D eigenvalue weighted by Gasteiger charge is -2.26. The molecular weight excluding hydrogens is 502 g/mol. The minimum Gasteiger partial charge on any atom is -0.495 e. The van der Waals surface area contributed by atoms with Gasteiger partial charge in [0.1, 0.15) is 12.3 Å². The Morgan fingerprint density at radius 3 is 2.25 bits per heavy atom. The smallest absolute Gasteiger partial charge is 0.264 e. The average molecular weight is 530 g/mol. The Morgan fingerprint density at radius 1 is 0.972 bits per heavy atom. The maximum atomic E-state index is 13.6. The van der Waals surface area contributed by atoms with E-state index in [0.29, 0.717) is 0 Å². The number of benzene rings is 3. The molecule has 0 aromatic heterocycles. The van der Waals surface area contributed by atoms with Crippen molar-refractivity contribution in [3.05, 3.63) is 83.4 Å². The molecule has 3 rings (SSSR count). The van der Waals surface area contributed by atoms with Crippen molar-refractivity contribution in [2.24, 2.45) is 0 Å². The molecule has 36 heavy (non-hydrogen) atoms. The molecule has 3 aromatic rings. The predicted molar refractivity (Wildman–Crippen MR) is 141 cm³/mol. The molecule has 0 saturated heterocycles. The van der Waals surface area contributed by atoms with Crippen LogP contribution in [0.15, 0.2) is 77.7 Å². The fraction of sp³-hybridized carbons (Fsp3) is 0.231. The predicted octanol–water partition coefficient (Wildman–Crippen LogP) is 4.71. The zero-order valence-electron chi connectivity index (χ0n) is 20.4. The van der Waals surface area contributed by atoms with Crippen LogP contribution in [-0.4, -0.2) is 39.4 Å². The summed E-state index contributed by atoms with van der Waals surface area (Å²) < 4.78 is 33.5. The van der Waals surface area contributed by atoms with Crippen LogP contribution in [0.2, 0.25) is 5.02 Å². The van der Waals surface area contributed by atoms with Crippen LogP contribution in [0.1, 0.15) is 31.1 Å². The summed E-state index contributed by atoms with van der Waals surface area (Å²) in [7, 11) is -2.79. The number of anilines is 2. The average Bonchev–Trinajstić information content (AvgIpc) is 2.82. The molecule has 190 valence electrons. The van der Waals surface area contributed by atoms with Gasteiger partial charge in [0.15, 0.2) is 0 Å². The summed E-state index contributed by atoms with van der Waals surface area (Å²) in [5, 5.41) is 5.80. The van der Waals surface area contributed by atoms with Crippen molar-refractivity contribution in [3.8, 4) is 5.75 Å². The number of carbonyl (C=O) groups excluding carboxylic acids is 2. The van der Waals surface area contributed by atoms with Gasteiger partial charge in [0.2, 0.25) is 5.91 Å². The molecular formula is C26H28ClN3O5S. The van der Waals surface area contributed by atoms with Crippen molar-refractivity contribution in [2.75, 3.05) is 23.3 Å². The van der Waals surface area contributed by atoms with Crippen LogP contribution in [0.5, 0.6) is 5.75 Å². The SMILES string of the molecule is COc1ccc(Cl)cc1N(CC(=O)Nc1ccccc1C(=O)NC(C)(C)C)S(=O)(=O)c1ccccc1. The third-order valence-electron chi connectivity index (χ3n) is 4.96. The number of carbonyl (C=O) groups is 2. The molecule has 0 aliphatic rings. The molecule has 0 saturated carbocycles. The van der Waals surface area contributed by atoms with Gasteiger partial charge in [-0.1, -0.05) is 41.9 Å². The lowest BCUT2D eigenvalue weighted by Crippen LogP contribution is -2.41. The van der Waals surface area contributed by atoms with Crippen molar-refractivity contribution in [3.63, 3.8) is 0 Å². The molecule has 0 atom stereocenters. The summed E-state index contributed by atoms with van der Waals surface area (Å²) in [4.78, 5) is 26.0. The molecule has 3 aromatic carbocycles. The largest absolute Gasteiger partial charge is 0.495 e. The molecule has 2 N–H and O–H groups in total. The maximum Gasteiger partial charge on any atom is 0.264 e. The highest BCUT2D eigenvalue weighted by Crippen LogP contribution is 2.35. The lowest BCUT2D eigenvalue weighted by molar-refractivity contribution is -0.114. The summed E-state index contributed by atoms with van der Waals surface area (Å²) in [5.74, 6) is -0.812.